The number of benzene rings is 1. The molecule has 3 heteroatoms. The van der Waals surface area contributed by atoms with E-state index >= 15 is 0 Å². The van der Waals surface area contributed by atoms with Crippen LogP contribution in [-0.2, 0) is 0 Å². The van der Waals surface area contributed by atoms with Gasteiger partial charge in [-0.3, -0.25) is 0 Å². The van der Waals surface area contributed by atoms with Gasteiger partial charge in [0.05, 0.1) is 6.10 Å². The Balaban J connectivity index is 2.23. The van der Waals surface area contributed by atoms with Gasteiger partial charge < -0.3 is 10.8 Å². The minimum Gasteiger partial charge on any atom is -0.388 e. The van der Waals surface area contributed by atoms with E-state index in [0.717, 1.165) is 18.4 Å². The zero-order chi connectivity index (χ0) is 13.2. The van der Waals surface area contributed by atoms with Crippen LogP contribution in [-0.4, -0.2) is 11.7 Å². The zero-order valence-electron chi connectivity index (χ0n) is 10.9. The summed E-state index contributed by atoms with van der Waals surface area (Å²) < 4.78 is 0. The lowest BCUT2D eigenvalue weighted by Gasteiger charge is -2.33. The third kappa shape index (κ3) is 2.56. The monoisotopic (exact) mass is 267 g/mol. The van der Waals surface area contributed by atoms with Crippen LogP contribution in [0, 0.1) is 11.3 Å². The number of hydrogen-bond acceptors (Lipinski definition) is 2. The summed E-state index contributed by atoms with van der Waals surface area (Å²) in [5.41, 5.74) is 6.70. The van der Waals surface area contributed by atoms with Crippen LogP contribution in [0.1, 0.15) is 44.3 Å². The Morgan fingerprint density at radius 3 is 2.89 bits per heavy atom. The van der Waals surface area contributed by atoms with Crippen LogP contribution in [0.3, 0.4) is 0 Å². The van der Waals surface area contributed by atoms with Crippen LogP contribution in [0.25, 0.3) is 0 Å². The first-order valence-corrected chi connectivity index (χ1v) is 7.12. The number of aliphatic hydroxyl groups is 1. The first-order chi connectivity index (χ1) is 8.61. The molecule has 1 saturated carbocycles. The number of nitrogens with two attached hydrogens (primary N) is 1. The van der Waals surface area contributed by atoms with E-state index in [9.17, 15) is 5.11 Å². The summed E-state index contributed by atoms with van der Waals surface area (Å²) in [4.78, 5) is 0. The highest BCUT2D eigenvalue weighted by Gasteiger charge is 2.43. The van der Waals surface area contributed by atoms with E-state index in [4.69, 9.17) is 17.3 Å². The molecule has 1 aromatic carbocycles. The van der Waals surface area contributed by atoms with E-state index in [1.807, 2.05) is 24.3 Å². The van der Waals surface area contributed by atoms with Gasteiger partial charge >= 0.3 is 0 Å². The molecule has 0 aromatic heterocycles. The molecule has 0 amide bonds. The fourth-order valence-corrected chi connectivity index (χ4v) is 3.39. The molecule has 3 atom stereocenters. The molecule has 0 spiro atoms. The number of halogens is 1. The van der Waals surface area contributed by atoms with Gasteiger partial charge in [0, 0.05) is 17.0 Å². The third-order valence-electron chi connectivity index (χ3n) is 4.47. The molecule has 1 aliphatic rings. The predicted molar refractivity (Wildman–Crippen MR) is 75.5 cm³/mol. The van der Waals surface area contributed by atoms with E-state index in [0.29, 0.717) is 17.5 Å². The molecule has 1 aliphatic carbocycles. The van der Waals surface area contributed by atoms with Crippen LogP contribution in [0.5, 0.6) is 0 Å². The average molecular weight is 268 g/mol. The fraction of sp³-hybridized carbons (Fsp3) is 0.600. The van der Waals surface area contributed by atoms with E-state index < -0.39 is 6.10 Å². The predicted octanol–water partition coefficient (Wildman–Crippen LogP) is 3.53. The van der Waals surface area contributed by atoms with Gasteiger partial charge in [-0.2, -0.15) is 0 Å². The van der Waals surface area contributed by atoms with Crippen molar-refractivity contribution < 1.29 is 5.11 Å². The van der Waals surface area contributed by atoms with Crippen molar-refractivity contribution in [2.75, 3.05) is 6.54 Å². The van der Waals surface area contributed by atoms with E-state index in [1.165, 1.54) is 12.8 Å². The fourth-order valence-electron chi connectivity index (χ4n) is 3.19. The SMILES string of the molecule is CCC1CCC(CN)(C(O)c2cccc(Cl)c2)C1. The third-order valence-corrected chi connectivity index (χ3v) is 4.71. The maximum absolute atomic E-state index is 10.7. The molecule has 100 valence electrons. The zero-order valence-corrected chi connectivity index (χ0v) is 11.7. The van der Waals surface area contributed by atoms with Crippen LogP contribution in [0.15, 0.2) is 24.3 Å². The summed E-state index contributed by atoms with van der Waals surface area (Å²) in [5.74, 6) is 0.697. The molecule has 0 bridgehead atoms. The summed E-state index contributed by atoms with van der Waals surface area (Å²) in [6.07, 6.45) is 3.87. The van der Waals surface area contributed by atoms with Crippen molar-refractivity contribution in [1.29, 1.82) is 0 Å². The van der Waals surface area contributed by atoms with Crippen LogP contribution in [0.4, 0.5) is 0 Å². The lowest BCUT2D eigenvalue weighted by Crippen LogP contribution is -2.34. The highest BCUT2D eigenvalue weighted by Crippen LogP contribution is 2.50. The van der Waals surface area contributed by atoms with E-state index in [1.54, 1.807) is 0 Å². The molecule has 3 unspecified atom stereocenters. The quantitative estimate of drug-likeness (QED) is 0.877. The van der Waals surface area contributed by atoms with Crippen LogP contribution >= 0.6 is 11.6 Å². The second kappa shape index (κ2) is 5.60. The molecule has 1 aromatic rings. The number of hydrogen-bond donors (Lipinski definition) is 2. The maximum atomic E-state index is 10.7. The second-order valence-corrected chi connectivity index (χ2v) is 5.98. The minimum absolute atomic E-state index is 0.161. The normalized spacial score (nSPS) is 29.4. The summed E-state index contributed by atoms with van der Waals surface area (Å²) >= 11 is 6.00. The molecule has 1 fully saturated rings. The van der Waals surface area contributed by atoms with Crippen LogP contribution < -0.4 is 5.73 Å². The van der Waals surface area contributed by atoms with Gasteiger partial charge in [0.2, 0.25) is 0 Å². The maximum Gasteiger partial charge on any atom is 0.0858 e. The molecule has 18 heavy (non-hydrogen) atoms. The van der Waals surface area contributed by atoms with Gasteiger partial charge in [-0.25, -0.2) is 0 Å². The summed E-state index contributed by atoms with van der Waals surface area (Å²) in [5, 5.41) is 11.3. The van der Waals surface area contributed by atoms with Gasteiger partial charge in [-0.1, -0.05) is 37.1 Å². The Morgan fingerprint density at radius 1 is 1.56 bits per heavy atom. The minimum atomic E-state index is -0.502. The van der Waals surface area contributed by atoms with Gasteiger partial charge in [0.1, 0.15) is 0 Å². The Hall–Kier alpha value is -0.570. The average Bonchev–Trinajstić information content (AvgIpc) is 2.83. The largest absolute Gasteiger partial charge is 0.388 e. The lowest BCUT2D eigenvalue weighted by molar-refractivity contribution is 0.0301. The molecule has 0 saturated heterocycles. The number of rotatable bonds is 4. The van der Waals surface area contributed by atoms with Gasteiger partial charge in [0.25, 0.3) is 0 Å². The van der Waals surface area contributed by atoms with Crippen molar-refractivity contribution in [2.24, 2.45) is 17.1 Å². The Bertz CT molecular complexity index is 409. The number of aliphatic hydroxyl groups excluding tert-OH is 1. The molecular weight excluding hydrogens is 246 g/mol. The summed E-state index contributed by atoms with van der Waals surface area (Å²) in [6.45, 7) is 2.75. The topological polar surface area (TPSA) is 46.2 Å². The van der Waals surface area contributed by atoms with Crippen molar-refractivity contribution in [1.82, 2.24) is 0 Å². The summed E-state index contributed by atoms with van der Waals surface area (Å²) in [6, 6.07) is 7.50. The highest BCUT2D eigenvalue weighted by atomic mass is 35.5. The summed E-state index contributed by atoms with van der Waals surface area (Å²) in [7, 11) is 0. The van der Waals surface area contributed by atoms with Crippen LogP contribution in [0.2, 0.25) is 5.02 Å². The van der Waals surface area contributed by atoms with E-state index in [-0.39, 0.29) is 5.41 Å². The first kappa shape index (κ1) is 13.9. The smallest absolute Gasteiger partial charge is 0.0858 e. The standard InChI is InChI=1S/C15H22ClNO/c1-2-11-6-7-15(9-11,10-17)14(18)12-4-3-5-13(16)8-12/h3-5,8,11,14,18H,2,6-7,9-10,17H2,1H3. The van der Waals surface area contributed by atoms with Crippen molar-refractivity contribution in [3.8, 4) is 0 Å². The first-order valence-electron chi connectivity index (χ1n) is 6.75. The second-order valence-electron chi connectivity index (χ2n) is 5.54. The molecule has 2 rings (SSSR count). The van der Waals surface area contributed by atoms with E-state index in [2.05, 4.69) is 6.92 Å². The Morgan fingerprint density at radius 2 is 2.33 bits per heavy atom. The Kier molecular flexibility index (Phi) is 4.31. The molecule has 2 nitrogen and oxygen atoms in total. The molecule has 3 N–H and O–H groups in total. The Labute approximate surface area is 114 Å². The van der Waals surface area contributed by atoms with Gasteiger partial charge in [-0.05, 0) is 42.9 Å². The van der Waals surface area contributed by atoms with Crippen molar-refractivity contribution in [2.45, 2.75) is 38.7 Å². The highest BCUT2D eigenvalue weighted by molar-refractivity contribution is 6.30. The van der Waals surface area contributed by atoms with Gasteiger partial charge in [-0.15, -0.1) is 0 Å². The van der Waals surface area contributed by atoms with Crippen molar-refractivity contribution in [3.05, 3.63) is 34.9 Å². The van der Waals surface area contributed by atoms with Gasteiger partial charge in [0.15, 0.2) is 0 Å². The molecular formula is C15H22ClNO. The lowest BCUT2D eigenvalue weighted by atomic mass is 9.76. The van der Waals surface area contributed by atoms with Crippen molar-refractivity contribution >= 4 is 11.6 Å². The molecule has 0 radical (unpaired) electrons. The molecule has 0 aliphatic heterocycles. The molecule has 0 heterocycles. The van der Waals surface area contributed by atoms with Crippen molar-refractivity contribution in [3.63, 3.8) is 0 Å².